The van der Waals surface area contributed by atoms with Crippen molar-refractivity contribution in [2.45, 2.75) is 11.8 Å². The lowest BCUT2D eigenvalue weighted by molar-refractivity contribution is 0.392. The molecule has 180 valence electrons. The summed E-state index contributed by atoms with van der Waals surface area (Å²) in [5, 5.41) is 6.40. The molecule has 3 aromatic carbocycles. The monoisotopic (exact) mass is 491 g/mol. The van der Waals surface area contributed by atoms with Gasteiger partial charge in [0.15, 0.2) is 0 Å². The zero-order valence-electron chi connectivity index (χ0n) is 19.4. The Morgan fingerprint density at radius 2 is 1.43 bits per heavy atom. The second-order valence-corrected chi connectivity index (χ2v) is 9.18. The molecule has 0 atom stereocenters. The van der Waals surface area contributed by atoms with Crippen molar-refractivity contribution in [1.29, 1.82) is 0 Å². The third-order valence-electron chi connectivity index (χ3n) is 4.95. The number of nitrogens with zero attached hydrogens (tertiary/aromatic N) is 2. The highest BCUT2D eigenvalue weighted by Crippen LogP contribution is 2.30. The molecule has 4 aromatic rings. The minimum Gasteiger partial charge on any atom is -0.497 e. The lowest BCUT2D eigenvalue weighted by Crippen LogP contribution is -2.14. The molecule has 9 nitrogen and oxygen atoms in total. The average molecular weight is 492 g/mol. The Kier molecular flexibility index (Phi) is 7.02. The van der Waals surface area contributed by atoms with E-state index in [9.17, 15) is 8.42 Å². The lowest BCUT2D eigenvalue weighted by Gasteiger charge is -2.13. The number of hydrogen-bond acceptors (Lipinski definition) is 8. The van der Waals surface area contributed by atoms with Crippen molar-refractivity contribution in [3.63, 3.8) is 0 Å². The normalized spacial score (nSPS) is 10.9. The molecule has 0 bridgehead atoms. The van der Waals surface area contributed by atoms with Gasteiger partial charge in [-0.3, -0.25) is 4.72 Å². The molecule has 1 heterocycles. The standard InChI is InChI=1S/C25H25N5O4S/c1-17-15-24(27-18-7-5-4-6-8-18)29-25(26-17)28-19-9-11-20(12-10-19)30-35(31,32)23-16-21(33-2)13-14-22(23)34-3/h4-16,30H,1-3H3,(H2,26,27,28,29). The van der Waals surface area contributed by atoms with Crippen LogP contribution in [0.5, 0.6) is 11.5 Å². The second-order valence-electron chi connectivity index (χ2n) is 7.53. The Morgan fingerprint density at radius 3 is 2.11 bits per heavy atom. The summed E-state index contributed by atoms with van der Waals surface area (Å²) < 4.78 is 38.8. The van der Waals surface area contributed by atoms with Crippen LogP contribution in [0.4, 0.5) is 28.8 Å². The highest BCUT2D eigenvalue weighted by molar-refractivity contribution is 7.92. The summed E-state index contributed by atoms with van der Waals surface area (Å²) in [6, 6.07) is 22.9. The summed E-state index contributed by atoms with van der Waals surface area (Å²) in [6.07, 6.45) is 0. The summed E-state index contributed by atoms with van der Waals surface area (Å²) in [5.74, 6) is 1.69. The van der Waals surface area contributed by atoms with Crippen molar-refractivity contribution in [3.05, 3.63) is 84.6 Å². The molecule has 0 amide bonds. The molecule has 0 unspecified atom stereocenters. The van der Waals surface area contributed by atoms with Crippen LogP contribution < -0.4 is 24.8 Å². The topological polar surface area (TPSA) is 114 Å². The first kappa shape index (κ1) is 23.8. The van der Waals surface area contributed by atoms with Crippen LogP contribution in [0.25, 0.3) is 0 Å². The smallest absolute Gasteiger partial charge is 0.265 e. The van der Waals surface area contributed by atoms with E-state index in [0.29, 0.717) is 28.9 Å². The van der Waals surface area contributed by atoms with Gasteiger partial charge in [0.2, 0.25) is 5.95 Å². The summed E-state index contributed by atoms with van der Waals surface area (Å²) in [4.78, 5) is 8.92. The van der Waals surface area contributed by atoms with Crippen LogP contribution in [-0.2, 0) is 10.0 Å². The first-order valence-electron chi connectivity index (χ1n) is 10.7. The molecule has 0 aliphatic heterocycles. The molecule has 0 saturated carbocycles. The van der Waals surface area contributed by atoms with Crippen molar-refractivity contribution in [3.8, 4) is 11.5 Å². The Labute approximate surface area is 204 Å². The zero-order valence-corrected chi connectivity index (χ0v) is 20.3. The van der Waals surface area contributed by atoms with E-state index in [2.05, 4.69) is 25.3 Å². The van der Waals surface area contributed by atoms with E-state index in [1.807, 2.05) is 43.3 Å². The predicted octanol–water partition coefficient (Wildman–Crippen LogP) is 5.09. The molecule has 0 fully saturated rings. The number of sulfonamides is 1. The quantitative estimate of drug-likeness (QED) is 0.297. The van der Waals surface area contributed by atoms with Gasteiger partial charge in [-0.15, -0.1) is 0 Å². The molecule has 4 rings (SSSR count). The van der Waals surface area contributed by atoms with Gasteiger partial charge in [-0.25, -0.2) is 13.4 Å². The Hall–Kier alpha value is -4.31. The van der Waals surface area contributed by atoms with Crippen LogP contribution in [0, 0.1) is 6.92 Å². The number of aryl methyl sites for hydroxylation is 1. The van der Waals surface area contributed by atoms with Crippen molar-refractivity contribution in [1.82, 2.24) is 9.97 Å². The number of nitrogens with one attached hydrogen (secondary N) is 3. The maximum absolute atomic E-state index is 13.0. The van der Waals surface area contributed by atoms with E-state index >= 15 is 0 Å². The maximum atomic E-state index is 13.0. The van der Waals surface area contributed by atoms with Gasteiger partial charge in [0, 0.05) is 34.9 Å². The lowest BCUT2D eigenvalue weighted by atomic mass is 10.3. The number of anilines is 5. The first-order valence-corrected chi connectivity index (χ1v) is 12.1. The molecule has 3 N–H and O–H groups in total. The van der Waals surface area contributed by atoms with Gasteiger partial charge in [-0.2, -0.15) is 4.98 Å². The largest absolute Gasteiger partial charge is 0.497 e. The van der Waals surface area contributed by atoms with Crippen molar-refractivity contribution < 1.29 is 17.9 Å². The number of benzene rings is 3. The van der Waals surface area contributed by atoms with Crippen LogP contribution in [0.2, 0.25) is 0 Å². The third-order valence-corrected chi connectivity index (χ3v) is 6.36. The first-order chi connectivity index (χ1) is 16.9. The summed E-state index contributed by atoms with van der Waals surface area (Å²) >= 11 is 0. The van der Waals surface area contributed by atoms with Gasteiger partial charge >= 0.3 is 0 Å². The molecule has 10 heteroatoms. The van der Waals surface area contributed by atoms with Crippen LogP contribution in [-0.4, -0.2) is 32.6 Å². The van der Waals surface area contributed by atoms with Crippen LogP contribution in [0.1, 0.15) is 5.69 Å². The molecule has 1 aromatic heterocycles. The highest BCUT2D eigenvalue weighted by atomic mass is 32.2. The SMILES string of the molecule is COc1ccc(OC)c(S(=O)(=O)Nc2ccc(Nc3nc(C)cc(Nc4ccccc4)n3)cc2)c1. The van der Waals surface area contributed by atoms with Gasteiger partial charge in [0.05, 0.1) is 14.2 Å². The second kappa shape index (κ2) is 10.3. The molecular formula is C25H25N5O4S. The number of rotatable bonds is 9. The van der Waals surface area contributed by atoms with E-state index in [1.54, 1.807) is 36.4 Å². The van der Waals surface area contributed by atoms with Crippen LogP contribution in [0.15, 0.2) is 83.8 Å². The fraction of sp³-hybridized carbons (Fsp3) is 0.120. The van der Waals surface area contributed by atoms with E-state index in [0.717, 1.165) is 11.4 Å². The molecule has 0 aliphatic rings. The number of aromatic nitrogens is 2. The Balaban J connectivity index is 1.49. The van der Waals surface area contributed by atoms with Crippen molar-refractivity contribution >= 4 is 38.9 Å². The Bertz CT molecular complexity index is 1410. The minimum absolute atomic E-state index is 0.0202. The molecule has 0 saturated heterocycles. The van der Waals surface area contributed by atoms with Gasteiger partial charge in [0.1, 0.15) is 22.2 Å². The molecule has 0 aliphatic carbocycles. The van der Waals surface area contributed by atoms with Crippen LogP contribution in [0.3, 0.4) is 0 Å². The maximum Gasteiger partial charge on any atom is 0.265 e. The number of hydrogen-bond donors (Lipinski definition) is 3. The summed E-state index contributed by atoms with van der Waals surface area (Å²) in [6.45, 7) is 1.88. The highest BCUT2D eigenvalue weighted by Gasteiger charge is 2.21. The number of methoxy groups -OCH3 is 2. The van der Waals surface area contributed by atoms with E-state index < -0.39 is 10.0 Å². The fourth-order valence-corrected chi connectivity index (χ4v) is 4.56. The third kappa shape index (κ3) is 5.98. The Morgan fingerprint density at radius 1 is 0.743 bits per heavy atom. The van der Waals surface area contributed by atoms with Crippen molar-refractivity contribution in [2.75, 3.05) is 29.6 Å². The van der Waals surface area contributed by atoms with E-state index in [-0.39, 0.29) is 10.6 Å². The van der Waals surface area contributed by atoms with E-state index in [1.165, 1.54) is 20.3 Å². The van der Waals surface area contributed by atoms with Gasteiger partial charge in [-0.1, -0.05) is 18.2 Å². The van der Waals surface area contributed by atoms with E-state index in [4.69, 9.17) is 9.47 Å². The molecule has 35 heavy (non-hydrogen) atoms. The number of para-hydroxylation sites is 1. The predicted molar refractivity (Wildman–Crippen MR) is 137 cm³/mol. The molecular weight excluding hydrogens is 466 g/mol. The van der Waals surface area contributed by atoms with Gasteiger partial charge in [-0.05, 0) is 55.5 Å². The fourth-order valence-electron chi connectivity index (χ4n) is 3.31. The molecule has 0 spiro atoms. The van der Waals surface area contributed by atoms with Gasteiger partial charge in [0.25, 0.3) is 10.0 Å². The average Bonchev–Trinajstić information content (AvgIpc) is 2.85. The number of ether oxygens (including phenoxy) is 2. The van der Waals surface area contributed by atoms with Crippen LogP contribution >= 0.6 is 0 Å². The minimum atomic E-state index is -3.91. The van der Waals surface area contributed by atoms with Crippen molar-refractivity contribution in [2.24, 2.45) is 0 Å². The molecule has 0 radical (unpaired) electrons. The zero-order chi connectivity index (χ0) is 24.8. The summed E-state index contributed by atoms with van der Waals surface area (Å²) in [5.41, 5.74) is 2.79. The summed E-state index contributed by atoms with van der Waals surface area (Å²) in [7, 11) is -1.03. The van der Waals surface area contributed by atoms with Gasteiger partial charge < -0.3 is 20.1 Å².